The molecule has 3 N–H and O–H groups in total. The van der Waals surface area contributed by atoms with Crippen LogP contribution in [-0.2, 0) is 4.79 Å². The van der Waals surface area contributed by atoms with Gasteiger partial charge in [0.1, 0.15) is 5.82 Å². The summed E-state index contributed by atoms with van der Waals surface area (Å²) in [5.41, 5.74) is 2.96. The molecule has 0 atom stereocenters. The fourth-order valence-corrected chi connectivity index (χ4v) is 1.11. The van der Waals surface area contributed by atoms with Gasteiger partial charge in [-0.3, -0.25) is 19.7 Å². The molecule has 18 heavy (non-hydrogen) atoms. The number of amides is 2. The molecular formula is C9H7F2N3O4. The van der Waals surface area contributed by atoms with E-state index in [4.69, 9.17) is 5.73 Å². The molecular weight excluding hydrogens is 252 g/mol. The number of hydrogen-bond donors (Lipinski definition) is 2. The summed E-state index contributed by atoms with van der Waals surface area (Å²) in [6.45, 7) is -0.566. The highest BCUT2D eigenvalue weighted by Gasteiger charge is 2.22. The average Bonchev–Trinajstić information content (AvgIpc) is 2.25. The van der Waals surface area contributed by atoms with Crippen LogP contribution in [0.4, 0.5) is 14.5 Å². The molecule has 7 nitrogen and oxygen atoms in total. The Bertz CT molecular complexity index is 533. The van der Waals surface area contributed by atoms with Crippen LogP contribution >= 0.6 is 0 Å². The van der Waals surface area contributed by atoms with Crippen molar-refractivity contribution in [1.29, 1.82) is 0 Å². The summed E-state index contributed by atoms with van der Waals surface area (Å²) in [5.74, 6) is -4.65. The van der Waals surface area contributed by atoms with E-state index in [0.29, 0.717) is 6.07 Å². The molecule has 0 radical (unpaired) electrons. The molecule has 0 heterocycles. The maximum Gasteiger partial charge on any atom is 0.305 e. The van der Waals surface area contributed by atoms with Crippen LogP contribution in [0.25, 0.3) is 0 Å². The first kappa shape index (κ1) is 13.5. The number of nitrogens with one attached hydrogen (secondary N) is 1. The molecule has 0 unspecified atom stereocenters. The van der Waals surface area contributed by atoms with Crippen molar-refractivity contribution in [3.63, 3.8) is 0 Å². The maximum absolute atomic E-state index is 13.2. The van der Waals surface area contributed by atoms with E-state index >= 15 is 0 Å². The van der Waals surface area contributed by atoms with Crippen LogP contribution in [0.1, 0.15) is 10.4 Å². The van der Waals surface area contributed by atoms with Gasteiger partial charge in [-0.1, -0.05) is 0 Å². The lowest BCUT2D eigenvalue weighted by Gasteiger charge is -2.04. The lowest BCUT2D eigenvalue weighted by atomic mass is 10.1. The largest absolute Gasteiger partial charge is 0.368 e. The third-order valence-electron chi connectivity index (χ3n) is 1.90. The van der Waals surface area contributed by atoms with E-state index in [2.05, 4.69) is 0 Å². The fraction of sp³-hybridized carbons (Fsp3) is 0.111. The van der Waals surface area contributed by atoms with Gasteiger partial charge >= 0.3 is 5.69 Å². The van der Waals surface area contributed by atoms with E-state index in [1.807, 2.05) is 5.32 Å². The van der Waals surface area contributed by atoms with Crippen molar-refractivity contribution < 1.29 is 23.3 Å². The highest BCUT2D eigenvalue weighted by Crippen LogP contribution is 2.21. The second-order valence-electron chi connectivity index (χ2n) is 3.19. The maximum atomic E-state index is 13.2. The van der Waals surface area contributed by atoms with Crippen LogP contribution < -0.4 is 11.1 Å². The fourth-order valence-electron chi connectivity index (χ4n) is 1.11. The van der Waals surface area contributed by atoms with Gasteiger partial charge in [-0.05, 0) is 0 Å². The Morgan fingerprint density at radius 3 is 2.44 bits per heavy atom. The van der Waals surface area contributed by atoms with Crippen LogP contribution in [0.5, 0.6) is 0 Å². The second-order valence-corrected chi connectivity index (χ2v) is 3.19. The zero-order chi connectivity index (χ0) is 13.9. The third kappa shape index (κ3) is 2.97. The van der Waals surface area contributed by atoms with Crippen molar-refractivity contribution in [3.8, 4) is 0 Å². The lowest BCUT2D eigenvalue weighted by Crippen LogP contribution is -2.33. The number of carbonyl (C=O) groups excluding carboxylic acids is 2. The van der Waals surface area contributed by atoms with E-state index < -0.39 is 46.2 Å². The summed E-state index contributed by atoms with van der Waals surface area (Å²) in [6, 6.07) is 0.665. The number of primary amides is 1. The first-order valence-electron chi connectivity index (χ1n) is 4.53. The lowest BCUT2D eigenvalue weighted by molar-refractivity contribution is -0.387. The predicted octanol–water partition coefficient (Wildman–Crippen LogP) is 0.0881. The molecule has 96 valence electrons. The van der Waals surface area contributed by atoms with Gasteiger partial charge in [0.25, 0.3) is 5.91 Å². The Hall–Kier alpha value is -2.58. The van der Waals surface area contributed by atoms with Crippen LogP contribution in [0, 0.1) is 21.7 Å². The number of nitro benzene ring substituents is 1. The molecule has 0 aromatic heterocycles. The molecule has 2 amide bonds. The quantitative estimate of drug-likeness (QED) is 0.588. The first-order valence-corrected chi connectivity index (χ1v) is 4.53. The number of rotatable bonds is 4. The van der Waals surface area contributed by atoms with Gasteiger partial charge < -0.3 is 11.1 Å². The molecule has 1 aromatic rings. The molecule has 0 fully saturated rings. The molecule has 9 heteroatoms. The highest BCUT2D eigenvalue weighted by atomic mass is 19.1. The topological polar surface area (TPSA) is 115 Å². The minimum Gasteiger partial charge on any atom is -0.368 e. The van der Waals surface area contributed by atoms with Gasteiger partial charge in [0.15, 0.2) is 0 Å². The molecule has 0 aliphatic carbocycles. The van der Waals surface area contributed by atoms with Crippen LogP contribution in [0.2, 0.25) is 0 Å². The molecule has 0 bridgehead atoms. The third-order valence-corrected chi connectivity index (χ3v) is 1.90. The summed E-state index contributed by atoms with van der Waals surface area (Å²) in [7, 11) is 0. The average molecular weight is 259 g/mol. The Balaban J connectivity index is 3.08. The first-order chi connectivity index (χ1) is 8.32. The van der Waals surface area contributed by atoms with Crippen LogP contribution in [-0.4, -0.2) is 23.3 Å². The van der Waals surface area contributed by atoms with Crippen molar-refractivity contribution >= 4 is 17.5 Å². The molecule has 1 rings (SSSR count). The van der Waals surface area contributed by atoms with Crippen molar-refractivity contribution in [2.45, 2.75) is 0 Å². The van der Waals surface area contributed by atoms with Crippen LogP contribution in [0.3, 0.4) is 0 Å². The van der Waals surface area contributed by atoms with Crippen molar-refractivity contribution in [2.75, 3.05) is 6.54 Å². The Morgan fingerprint density at radius 2 is 1.94 bits per heavy atom. The van der Waals surface area contributed by atoms with Crippen molar-refractivity contribution in [1.82, 2.24) is 5.32 Å². The second kappa shape index (κ2) is 5.17. The number of hydrogen-bond acceptors (Lipinski definition) is 4. The predicted molar refractivity (Wildman–Crippen MR) is 54.5 cm³/mol. The normalized spacial score (nSPS) is 9.89. The van der Waals surface area contributed by atoms with Crippen molar-refractivity contribution in [3.05, 3.63) is 39.4 Å². The van der Waals surface area contributed by atoms with E-state index in [1.165, 1.54) is 0 Å². The smallest absolute Gasteiger partial charge is 0.305 e. The standard InChI is InChI=1S/C9H7F2N3O4/c10-5-2-6(11)7(14(17)18)1-4(5)9(16)13-3-8(12)15/h1-2H,3H2,(H2,12,15)(H,13,16). The van der Waals surface area contributed by atoms with Gasteiger partial charge in [-0.25, -0.2) is 4.39 Å². The van der Waals surface area contributed by atoms with E-state index in [-0.39, 0.29) is 6.07 Å². The number of halogens is 2. The number of benzene rings is 1. The summed E-state index contributed by atoms with van der Waals surface area (Å²) >= 11 is 0. The van der Waals surface area contributed by atoms with E-state index in [0.717, 1.165) is 0 Å². The highest BCUT2D eigenvalue weighted by molar-refractivity contribution is 5.97. The monoisotopic (exact) mass is 259 g/mol. The van der Waals surface area contributed by atoms with Gasteiger partial charge in [-0.15, -0.1) is 0 Å². The van der Waals surface area contributed by atoms with Gasteiger partial charge in [0.05, 0.1) is 17.0 Å². The molecule has 0 spiro atoms. The number of nitrogens with two attached hydrogens (primary N) is 1. The van der Waals surface area contributed by atoms with E-state index in [9.17, 15) is 28.5 Å². The molecule has 1 aromatic carbocycles. The van der Waals surface area contributed by atoms with Crippen molar-refractivity contribution in [2.24, 2.45) is 5.73 Å². The van der Waals surface area contributed by atoms with Gasteiger partial charge in [0, 0.05) is 12.1 Å². The van der Waals surface area contributed by atoms with E-state index in [1.54, 1.807) is 0 Å². The summed E-state index contributed by atoms with van der Waals surface area (Å²) in [6.07, 6.45) is 0. The van der Waals surface area contributed by atoms with Crippen LogP contribution in [0.15, 0.2) is 12.1 Å². The summed E-state index contributed by atoms with van der Waals surface area (Å²) in [5, 5.41) is 12.3. The summed E-state index contributed by atoms with van der Waals surface area (Å²) in [4.78, 5) is 31.1. The molecule has 0 saturated heterocycles. The minimum absolute atomic E-state index is 0.220. The summed E-state index contributed by atoms with van der Waals surface area (Å²) < 4.78 is 26.2. The molecule has 0 saturated carbocycles. The van der Waals surface area contributed by atoms with Gasteiger partial charge in [-0.2, -0.15) is 4.39 Å². The zero-order valence-electron chi connectivity index (χ0n) is 8.78. The Labute approximate surface area is 98.7 Å². The number of carbonyl (C=O) groups is 2. The minimum atomic E-state index is -1.40. The SMILES string of the molecule is NC(=O)CNC(=O)c1cc([N+](=O)[O-])c(F)cc1F. The molecule has 0 aliphatic heterocycles. The molecule has 0 aliphatic rings. The zero-order valence-corrected chi connectivity index (χ0v) is 8.78. The number of nitrogens with zero attached hydrogens (tertiary/aromatic N) is 1. The number of nitro groups is 1. The van der Waals surface area contributed by atoms with Gasteiger partial charge in [0.2, 0.25) is 11.7 Å². The Kier molecular flexibility index (Phi) is 3.87. The Morgan fingerprint density at radius 1 is 1.33 bits per heavy atom.